The third kappa shape index (κ3) is 2.40. The van der Waals surface area contributed by atoms with Gasteiger partial charge in [0.05, 0.1) is 5.69 Å². The molecule has 0 aliphatic carbocycles. The topological polar surface area (TPSA) is 151 Å². The van der Waals surface area contributed by atoms with E-state index in [0.29, 0.717) is 0 Å². The highest BCUT2D eigenvalue weighted by Gasteiger charge is 2.29. The maximum atomic E-state index is 12.1. The third-order valence-electron chi connectivity index (χ3n) is 2.11. The van der Waals surface area contributed by atoms with Gasteiger partial charge in [-0.3, -0.25) is 5.10 Å². The Morgan fingerprint density at radius 1 is 1.42 bits per heavy atom. The van der Waals surface area contributed by atoms with Gasteiger partial charge in [0.15, 0.2) is 11.5 Å². The van der Waals surface area contributed by atoms with Crippen molar-refractivity contribution in [2.24, 2.45) is 0 Å². The number of aryl methyl sites for hydroxylation is 2. The van der Waals surface area contributed by atoms with Crippen molar-refractivity contribution in [3.05, 3.63) is 17.2 Å². The van der Waals surface area contributed by atoms with Crippen LogP contribution in [0.1, 0.15) is 22.0 Å². The molecule has 0 spiro atoms. The molecule has 0 radical (unpaired) electrons. The standard InChI is InChI=1S/C8H9N5O5S/c1-3-6(5(7(14)15)11-10-3)19(16,17)13-8-9-4(2)12-18-8/h1-2H3,(H,10,11)(H,14,15)(H,9,12,13). The molecule has 0 unspecified atom stereocenters. The van der Waals surface area contributed by atoms with E-state index in [9.17, 15) is 13.2 Å². The Labute approximate surface area is 106 Å². The Kier molecular flexibility index (Phi) is 2.98. The highest BCUT2D eigenvalue weighted by Crippen LogP contribution is 2.20. The Morgan fingerprint density at radius 2 is 2.11 bits per heavy atom. The van der Waals surface area contributed by atoms with Crippen LogP contribution in [-0.2, 0) is 10.0 Å². The third-order valence-corrected chi connectivity index (χ3v) is 3.59. The minimum absolute atomic E-state index is 0.0844. The lowest BCUT2D eigenvalue weighted by molar-refractivity contribution is 0.0686. The number of H-pyrrole nitrogens is 1. The van der Waals surface area contributed by atoms with Crippen molar-refractivity contribution in [1.82, 2.24) is 20.3 Å². The molecule has 0 aromatic carbocycles. The molecular weight excluding hydrogens is 278 g/mol. The van der Waals surface area contributed by atoms with Gasteiger partial charge in [-0.1, -0.05) is 5.16 Å². The summed E-state index contributed by atoms with van der Waals surface area (Å²) in [4.78, 5) is 14.1. The zero-order valence-corrected chi connectivity index (χ0v) is 10.6. The van der Waals surface area contributed by atoms with Crippen molar-refractivity contribution in [2.45, 2.75) is 18.7 Å². The van der Waals surface area contributed by atoms with E-state index < -0.39 is 26.6 Å². The first-order valence-corrected chi connectivity index (χ1v) is 6.41. The first-order chi connectivity index (χ1) is 8.81. The van der Waals surface area contributed by atoms with Crippen LogP contribution in [0.5, 0.6) is 0 Å². The van der Waals surface area contributed by atoms with Gasteiger partial charge in [0.25, 0.3) is 10.0 Å². The van der Waals surface area contributed by atoms with Crippen molar-refractivity contribution in [1.29, 1.82) is 0 Å². The molecule has 0 saturated carbocycles. The maximum absolute atomic E-state index is 12.1. The number of nitrogens with zero attached hydrogens (tertiary/aromatic N) is 3. The van der Waals surface area contributed by atoms with Crippen molar-refractivity contribution >= 4 is 22.0 Å². The fourth-order valence-electron chi connectivity index (χ4n) is 1.40. The van der Waals surface area contributed by atoms with Crippen LogP contribution >= 0.6 is 0 Å². The van der Waals surface area contributed by atoms with Crippen LogP contribution in [0.2, 0.25) is 0 Å². The lowest BCUT2D eigenvalue weighted by atomic mass is 10.4. The molecule has 2 aromatic heterocycles. The zero-order valence-electron chi connectivity index (χ0n) is 9.83. The number of carboxylic acid groups (broad SMARTS) is 1. The number of rotatable bonds is 4. The fraction of sp³-hybridized carbons (Fsp3) is 0.250. The van der Waals surface area contributed by atoms with Gasteiger partial charge in [0.2, 0.25) is 0 Å². The van der Waals surface area contributed by atoms with Crippen LogP contribution < -0.4 is 4.72 Å². The first-order valence-electron chi connectivity index (χ1n) is 4.92. The van der Waals surface area contributed by atoms with E-state index in [4.69, 9.17) is 5.11 Å². The van der Waals surface area contributed by atoms with Crippen molar-refractivity contribution in [3.8, 4) is 0 Å². The number of hydrogen-bond donors (Lipinski definition) is 3. The summed E-state index contributed by atoms with van der Waals surface area (Å²) in [5.74, 6) is -1.23. The first kappa shape index (κ1) is 13.0. The summed E-state index contributed by atoms with van der Waals surface area (Å²) in [6, 6.07) is -0.352. The van der Waals surface area contributed by atoms with Crippen LogP contribution in [0.4, 0.5) is 6.01 Å². The SMILES string of the molecule is Cc1noc(NS(=O)(=O)c2c(C(=O)O)n[nH]c2C)n1. The minimum atomic E-state index is -4.18. The molecule has 2 rings (SSSR count). The average Bonchev–Trinajstić information content (AvgIpc) is 2.84. The van der Waals surface area contributed by atoms with E-state index in [1.165, 1.54) is 13.8 Å². The molecular formula is C8H9N5O5S. The summed E-state index contributed by atoms with van der Waals surface area (Å²) < 4.78 is 30.7. The molecule has 0 aliphatic heterocycles. The summed E-state index contributed by atoms with van der Waals surface area (Å²) in [6.07, 6.45) is 0. The number of sulfonamides is 1. The highest BCUT2D eigenvalue weighted by molar-refractivity contribution is 7.92. The van der Waals surface area contributed by atoms with Crippen LogP contribution in [0, 0.1) is 13.8 Å². The van der Waals surface area contributed by atoms with Crippen molar-refractivity contribution in [2.75, 3.05) is 4.72 Å². The molecule has 10 nitrogen and oxygen atoms in total. The molecule has 0 atom stereocenters. The lowest BCUT2D eigenvalue weighted by Crippen LogP contribution is -2.17. The van der Waals surface area contributed by atoms with Gasteiger partial charge in [-0.2, -0.15) is 10.1 Å². The largest absolute Gasteiger partial charge is 0.476 e. The summed E-state index contributed by atoms with van der Waals surface area (Å²) in [6.45, 7) is 2.89. The van der Waals surface area contributed by atoms with Gasteiger partial charge < -0.3 is 9.63 Å². The van der Waals surface area contributed by atoms with Gasteiger partial charge >= 0.3 is 12.0 Å². The van der Waals surface area contributed by atoms with E-state index >= 15 is 0 Å². The number of aromatic carboxylic acids is 1. The number of aromatic amines is 1. The predicted molar refractivity (Wildman–Crippen MR) is 60.1 cm³/mol. The second-order valence-corrected chi connectivity index (χ2v) is 5.20. The van der Waals surface area contributed by atoms with Crippen LogP contribution in [-0.4, -0.2) is 39.8 Å². The molecule has 2 heterocycles. The Balaban J connectivity index is 2.45. The average molecular weight is 287 g/mol. The van der Waals surface area contributed by atoms with Crippen LogP contribution in [0.15, 0.2) is 9.42 Å². The molecule has 11 heteroatoms. The molecule has 0 amide bonds. The predicted octanol–water partition coefficient (Wildman–Crippen LogP) is -0.0915. The van der Waals surface area contributed by atoms with Gasteiger partial charge in [-0.15, -0.1) is 0 Å². The Bertz CT molecular complexity index is 731. The number of carbonyl (C=O) groups is 1. The lowest BCUT2D eigenvalue weighted by Gasteiger charge is -2.03. The molecule has 102 valence electrons. The summed E-state index contributed by atoms with van der Waals surface area (Å²) >= 11 is 0. The Hall–Kier alpha value is -2.43. The summed E-state index contributed by atoms with van der Waals surface area (Å²) in [5, 5.41) is 18.0. The fourth-order valence-corrected chi connectivity index (χ4v) is 2.65. The van der Waals surface area contributed by atoms with Gasteiger partial charge in [-0.05, 0) is 13.8 Å². The molecule has 0 aliphatic rings. The maximum Gasteiger partial charge on any atom is 0.357 e. The van der Waals surface area contributed by atoms with E-state index in [1.54, 1.807) is 0 Å². The van der Waals surface area contributed by atoms with Crippen LogP contribution in [0.3, 0.4) is 0 Å². The van der Waals surface area contributed by atoms with E-state index in [0.717, 1.165) is 0 Å². The molecule has 0 saturated heterocycles. The number of hydrogen-bond acceptors (Lipinski definition) is 7. The number of nitrogens with one attached hydrogen (secondary N) is 2. The van der Waals surface area contributed by atoms with E-state index in [-0.39, 0.29) is 17.5 Å². The monoisotopic (exact) mass is 287 g/mol. The molecule has 19 heavy (non-hydrogen) atoms. The highest BCUT2D eigenvalue weighted by atomic mass is 32.2. The smallest absolute Gasteiger partial charge is 0.357 e. The van der Waals surface area contributed by atoms with Gasteiger partial charge in [0.1, 0.15) is 4.90 Å². The molecule has 3 N–H and O–H groups in total. The van der Waals surface area contributed by atoms with E-state index in [2.05, 4.69) is 24.9 Å². The molecule has 0 bridgehead atoms. The number of anilines is 1. The van der Waals surface area contributed by atoms with Crippen molar-refractivity contribution < 1.29 is 22.8 Å². The summed E-state index contributed by atoms with van der Waals surface area (Å²) in [7, 11) is -4.18. The Morgan fingerprint density at radius 3 is 2.63 bits per heavy atom. The molecule has 2 aromatic rings. The second kappa shape index (κ2) is 4.35. The quantitative estimate of drug-likeness (QED) is 0.705. The zero-order chi connectivity index (χ0) is 14.2. The summed E-state index contributed by atoms with van der Waals surface area (Å²) in [5.41, 5.74) is -0.526. The second-order valence-electron chi connectivity index (χ2n) is 3.58. The van der Waals surface area contributed by atoms with Crippen molar-refractivity contribution in [3.63, 3.8) is 0 Å². The number of carboxylic acids is 1. The normalized spacial score (nSPS) is 11.5. The minimum Gasteiger partial charge on any atom is -0.476 e. The van der Waals surface area contributed by atoms with Gasteiger partial charge in [-0.25, -0.2) is 17.9 Å². The van der Waals surface area contributed by atoms with Crippen LogP contribution in [0.25, 0.3) is 0 Å². The molecule has 0 fully saturated rings. The van der Waals surface area contributed by atoms with E-state index in [1.807, 2.05) is 4.72 Å². The number of aromatic nitrogens is 4. The van der Waals surface area contributed by atoms with Gasteiger partial charge in [0, 0.05) is 0 Å².